The van der Waals surface area contributed by atoms with Crippen LogP contribution in [0.2, 0.25) is 0 Å². The molecule has 6 nitrogen and oxygen atoms in total. The largest absolute Gasteiger partial charge is 0.467 e. The molecular formula is C17H20N2O4S. The van der Waals surface area contributed by atoms with Crippen LogP contribution in [0.15, 0.2) is 41.0 Å². The average molecular weight is 348 g/mol. The lowest BCUT2D eigenvalue weighted by atomic mass is 10.1. The number of benzene rings is 1. The Morgan fingerprint density at radius 3 is 2.75 bits per heavy atom. The molecule has 0 radical (unpaired) electrons. The molecule has 0 N–H and O–H groups in total. The topological polar surface area (TPSA) is 70.8 Å². The van der Waals surface area contributed by atoms with Gasteiger partial charge in [-0.2, -0.15) is 0 Å². The highest BCUT2D eigenvalue weighted by Gasteiger charge is 2.33. The average Bonchev–Trinajstić information content (AvgIpc) is 3.10. The summed E-state index contributed by atoms with van der Waals surface area (Å²) >= 11 is 0. The third kappa shape index (κ3) is 3.03. The number of nitrogens with zero attached hydrogens (tertiary/aromatic N) is 2. The van der Waals surface area contributed by atoms with Crippen molar-refractivity contribution in [2.24, 2.45) is 0 Å². The van der Waals surface area contributed by atoms with Crippen LogP contribution >= 0.6 is 0 Å². The molecule has 1 aliphatic heterocycles. The third-order valence-corrected chi connectivity index (χ3v) is 5.43. The second-order valence-corrected chi connectivity index (χ2v) is 8.06. The molecule has 2 heterocycles. The summed E-state index contributed by atoms with van der Waals surface area (Å²) in [4.78, 5) is 14.2. The first-order valence-electron chi connectivity index (χ1n) is 7.67. The molecule has 24 heavy (non-hydrogen) atoms. The van der Waals surface area contributed by atoms with Gasteiger partial charge in [0, 0.05) is 18.7 Å². The van der Waals surface area contributed by atoms with E-state index in [0.29, 0.717) is 30.0 Å². The molecule has 0 saturated carbocycles. The van der Waals surface area contributed by atoms with Crippen molar-refractivity contribution in [2.75, 3.05) is 17.6 Å². The minimum Gasteiger partial charge on any atom is -0.467 e. The zero-order valence-electron chi connectivity index (χ0n) is 13.9. The normalized spacial score (nSPS) is 17.0. The summed E-state index contributed by atoms with van der Waals surface area (Å²) < 4.78 is 30.6. The Balaban J connectivity index is 1.84. The van der Waals surface area contributed by atoms with Gasteiger partial charge in [0.2, 0.25) is 10.0 Å². The van der Waals surface area contributed by atoms with Crippen LogP contribution in [0.1, 0.15) is 28.6 Å². The van der Waals surface area contributed by atoms with Crippen molar-refractivity contribution in [1.29, 1.82) is 0 Å². The number of fused-ring (bicyclic) bond motifs is 1. The fourth-order valence-corrected chi connectivity index (χ4v) is 4.43. The van der Waals surface area contributed by atoms with Crippen LogP contribution in [-0.2, 0) is 23.0 Å². The SMILES string of the molecule is CC1Cc2cc(C(=O)N(C)Cc3ccco3)ccc2N1S(C)(=O)=O. The van der Waals surface area contributed by atoms with E-state index >= 15 is 0 Å². The maximum Gasteiger partial charge on any atom is 0.254 e. The molecule has 1 amide bonds. The molecule has 0 aliphatic carbocycles. The Morgan fingerprint density at radius 2 is 2.12 bits per heavy atom. The highest BCUT2D eigenvalue weighted by molar-refractivity contribution is 7.92. The summed E-state index contributed by atoms with van der Waals surface area (Å²) in [5.74, 6) is 0.587. The Kier molecular flexibility index (Phi) is 4.13. The van der Waals surface area contributed by atoms with E-state index in [-0.39, 0.29) is 11.9 Å². The first-order chi connectivity index (χ1) is 11.3. The van der Waals surface area contributed by atoms with Crippen molar-refractivity contribution in [1.82, 2.24) is 4.90 Å². The molecule has 0 spiro atoms. The van der Waals surface area contributed by atoms with Crippen LogP contribution in [0.4, 0.5) is 5.69 Å². The van der Waals surface area contributed by atoms with E-state index < -0.39 is 10.0 Å². The first-order valence-corrected chi connectivity index (χ1v) is 9.52. The lowest BCUT2D eigenvalue weighted by Gasteiger charge is -2.22. The van der Waals surface area contributed by atoms with Crippen molar-refractivity contribution >= 4 is 21.6 Å². The number of rotatable bonds is 4. The minimum atomic E-state index is -3.32. The van der Waals surface area contributed by atoms with Gasteiger partial charge in [0.05, 0.1) is 24.8 Å². The molecule has 0 saturated heterocycles. The number of carbonyl (C=O) groups excluding carboxylic acids is 1. The molecule has 128 valence electrons. The van der Waals surface area contributed by atoms with Gasteiger partial charge in [0.1, 0.15) is 5.76 Å². The van der Waals surface area contributed by atoms with Gasteiger partial charge in [-0.1, -0.05) is 0 Å². The first kappa shape index (κ1) is 16.6. The molecule has 1 unspecified atom stereocenters. The van der Waals surface area contributed by atoms with Crippen molar-refractivity contribution in [2.45, 2.75) is 25.9 Å². The van der Waals surface area contributed by atoms with E-state index in [4.69, 9.17) is 4.42 Å². The lowest BCUT2D eigenvalue weighted by Crippen LogP contribution is -2.34. The van der Waals surface area contributed by atoms with Crippen LogP contribution in [0.3, 0.4) is 0 Å². The Labute approximate surface area is 141 Å². The lowest BCUT2D eigenvalue weighted by molar-refractivity contribution is 0.0775. The van der Waals surface area contributed by atoms with Gasteiger partial charge in [-0.25, -0.2) is 8.42 Å². The minimum absolute atomic E-state index is 0.125. The second-order valence-electron chi connectivity index (χ2n) is 6.20. The molecule has 1 aromatic carbocycles. The fourth-order valence-electron chi connectivity index (χ4n) is 3.17. The molecule has 1 atom stereocenters. The van der Waals surface area contributed by atoms with Crippen LogP contribution in [0.5, 0.6) is 0 Å². The molecule has 1 aliphatic rings. The smallest absolute Gasteiger partial charge is 0.254 e. The highest BCUT2D eigenvalue weighted by atomic mass is 32.2. The highest BCUT2D eigenvalue weighted by Crippen LogP contribution is 2.34. The monoisotopic (exact) mass is 348 g/mol. The zero-order valence-corrected chi connectivity index (χ0v) is 14.7. The number of anilines is 1. The summed E-state index contributed by atoms with van der Waals surface area (Å²) in [5, 5.41) is 0. The van der Waals surface area contributed by atoms with Gasteiger partial charge in [0.15, 0.2) is 0 Å². The van der Waals surface area contributed by atoms with Crippen LogP contribution in [0.25, 0.3) is 0 Å². The maximum absolute atomic E-state index is 12.6. The maximum atomic E-state index is 12.6. The van der Waals surface area contributed by atoms with E-state index in [2.05, 4.69) is 0 Å². The summed E-state index contributed by atoms with van der Waals surface area (Å²) in [6, 6.07) is 8.64. The van der Waals surface area contributed by atoms with Crippen LogP contribution in [-0.4, -0.2) is 38.6 Å². The van der Waals surface area contributed by atoms with E-state index in [1.165, 1.54) is 10.6 Å². The van der Waals surface area contributed by atoms with E-state index in [0.717, 1.165) is 5.56 Å². The zero-order chi connectivity index (χ0) is 17.5. The van der Waals surface area contributed by atoms with Gasteiger partial charge in [-0.05, 0) is 49.2 Å². The predicted molar refractivity (Wildman–Crippen MR) is 91.4 cm³/mol. The molecule has 1 aromatic heterocycles. The quantitative estimate of drug-likeness (QED) is 0.850. The van der Waals surface area contributed by atoms with Gasteiger partial charge >= 0.3 is 0 Å². The number of hydrogen-bond donors (Lipinski definition) is 0. The molecule has 7 heteroatoms. The van der Waals surface area contributed by atoms with Crippen molar-refractivity contribution in [3.05, 3.63) is 53.5 Å². The summed E-state index contributed by atoms with van der Waals surface area (Å²) in [6.07, 6.45) is 3.38. The Morgan fingerprint density at radius 1 is 1.38 bits per heavy atom. The Bertz CT molecular complexity index is 859. The molecule has 2 aromatic rings. The molecule has 0 bridgehead atoms. The number of carbonyl (C=O) groups is 1. The summed E-state index contributed by atoms with van der Waals surface area (Å²) in [5.41, 5.74) is 2.09. The van der Waals surface area contributed by atoms with Crippen molar-refractivity contribution in [3.8, 4) is 0 Å². The fraction of sp³-hybridized carbons (Fsp3) is 0.353. The van der Waals surface area contributed by atoms with Crippen LogP contribution < -0.4 is 4.31 Å². The second kappa shape index (κ2) is 5.98. The van der Waals surface area contributed by atoms with Gasteiger partial charge < -0.3 is 9.32 Å². The van der Waals surface area contributed by atoms with Crippen LogP contribution in [0, 0.1) is 0 Å². The number of amides is 1. The van der Waals surface area contributed by atoms with Crippen molar-refractivity contribution in [3.63, 3.8) is 0 Å². The van der Waals surface area contributed by atoms with Gasteiger partial charge in [-0.3, -0.25) is 9.10 Å². The van der Waals surface area contributed by atoms with Gasteiger partial charge in [-0.15, -0.1) is 0 Å². The van der Waals surface area contributed by atoms with E-state index in [1.807, 2.05) is 13.0 Å². The van der Waals surface area contributed by atoms with E-state index in [1.54, 1.807) is 42.5 Å². The molecule has 3 rings (SSSR count). The standard InChI is InChI=1S/C17H20N2O4S/c1-12-9-14-10-13(6-7-16(14)19(12)24(3,21)22)17(20)18(2)11-15-5-4-8-23-15/h4-8,10,12H,9,11H2,1-3H3. The van der Waals surface area contributed by atoms with E-state index in [9.17, 15) is 13.2 Å². The predicted octanol–water partition coefficient (Wildman–Crippen LogP) is 2.26. The molecular weight excluding hydrogens is 328 g/mol. The van der Waals surface area contributed by atoms with Gasteiger partial charge in [0.25, 0.3) is 5.91 Å². The number of sulfonamides is 1. The Hall–Kier alpha value is -2.28. The summed E-state index contributed by atoms with van der Waals surface area (Å²) in [7, 11) is -1.61. The van der Waals surface area contributed by atoms with Crippen molar-refractivity contribution < 1.29 is 17.6 Å². The summed E-state index contributed by atoms with van der Waals surface area (Å²) in [6.45, 7) is 2.25. The number of hydrogen-bond acceptors (Lipinski definition) is 4. The third-order valence-electron chi connectivity index (χ3n) is 4.16. The molecule has 0 fully saturated rings. The number of furan rings is 1.